The number of aryl methyl sites for hydroxylation is 2. The fraction of sp³-hybridized carbons (Fsp3) is 0.692. The molecule has 0 saturated carbocycles. The second kappa shape index (κ2) is 6.41. The summed E-state index contributed by atoms with van der Waals surface area (Å²) in [4.78, 5) is 16.4. The number of thiazole rings is 1. The first-order valence-corrected chi connectivity index (χ1v) is 9.43. The summed E-state index contributed by atoms with van der Waals surface area (Å²) in [6.45, 7) is 3.95. The summed E-state index contributed by atoms with van der Waals surface area (Å²) in [6, 6.07) is -0.939. The maximum Gasteiger partial charge on any atom is 0.322 e. The lowest BCUT2D eigenvalue weighted by molar-refractivity contribution is -0.144. The number of sulfonamides is 1. The number of hydrogen-bond donors (Lipinski definition) is 1. The van der Waals surface area contributed by atoms with Crippen LogP contribution >= 0.6 is 11.3 Å². The van der Waals surface area contributed by atoms with Crippen LogP contribution in [-0.2, 0) is 21.2 Å². The number of piperidine rings is 1. The highest BCUT2D eigenvalue weighted by molar-refractivity contribution is 7.89. The van der Waals surface area contributed by atoms with E-state index in [4.69, 9.17) is 0 Å². The van der Waals surface area contributed by atoms with E-state index in [2.05, 4.69) is 4.98 Å². The predicted molar refractivity (Wildman–Crippen MR) is 80.9 cm³/mol. The summed E-state index contributed by atoms with van der Waals surface area (Å²) >= 11 is 1.43. The summed E-state index contributed by atoms with van der Waals surface area (Å²) in [6.07, 6.45) is 1.84. The number of carboxylic acids is 1. The molecule has 8 heteroatoms. The van der Waals surface area contributed by atoms with Crippen molar-refractivity contribution in [2.75, 3.05) is 12.3 Å². The zero-order valence-corrected chi connectivity index (χ0v) is 13.8. The maximum atomic E-state index is 12.5. The Kier molecular flexibility index (Phi) is 5.00. The molecule has 0 unspecified atom stereocenters. The topological polar surface area (TPSA) is 87.6 Å². The molecule has 118 valence electrons. The summed E-state index contributed by atoms with van der Waals surface area (Å²) in [7, 11) is -3.57. The van der Waals surface area contributed by atoms with Gasteiger partial charge in [0.2, 0.25) is 10.0 Å². The van der Waals surface area contributed by atoms with E-state index in [0.29, 0.717) is 19.4 Å². The van der Waals surface area contributed by atoms with Gasteiger partial charge in [-0.05, 0) is 32.1 Å². The van der Waals surface area contributed by atoms with Crippen molar-refractivity contribution in [1.82, 2.24) is 9.29 Å². The van der Waals surface area contributed by atoms with Crippen LogP contribution in [0.1, 0.15) is 30.3 Å². The predicted octanol–water partition coefficient (Wildman–Crippen LogP) is 1.51. The summed E-state index contributed by atoms with van der Waals surface area (Å²) in [5.41, 5.74) is 2.54. The van der Waals surface area contributed by atoms with Gasteiger partial charge < -0.3 is 5.11 Å². The zero-order chi connectivity index (χ0) is 15.6. The maximum absolute atomic E-state index is 12.5. The molecule has 1 saturated heterocycles. The van der Waals surface area contributed by atoms with Crippen LogP contribution in [0.15, 0.2) is 5.51 Å². The molecule has 0 radical (unpaired) electrons. The molecule has 0 aliphatic carbocycles. The Hall–Kier alpha value is -0.990. The monoisotopic (exact) mass is 332 g/mol. The second-order valence-electron chi connectivity index (χ2n) is 5.44. The number of aromatic nitrogens is 1. The Bertz CT molecular complexity index is 611. The molecule has 0 amide bonds. The third kappa shape index (κ3) is 3.61. The van der Waals surface area contributed by atoms with E-state index in [-0.39, 0.29) is 11.7 Å². The van der Waals surface area contributed by atoms with E-state index in [1.807, 2.05) is 6.92 Å². The van der Waals surface area contributed by atoms with Gasteiger partial charge in [-0.25, -0.2) is 13.4 Å². The largest absolute Gasteiger partial charge is 0.480 e. The normalized spacial score (nSPS) is 24.1. The van der Waals surface area contributed by atoms with Crippen LogP contribution < -0.4 is 0 Å². The van der Waals surface area contributed by atoms with Crippen molar-refractivity contribution >= 4 is 27.3 Å². The lowest BCUT2D eigenvalue weighted by Crippen LogP contribution is -2.52. The highest BCUT2D eigenvalue weighted by Gasteiger charge is 2.40. The quantitative estimate of drug-likeness (QED) is 0.883. The van der Waals surface area contributed by atoms with Gasteiger partial charge in [0.05, 0.1) is 17.0 Å². The van der Waals surface area contributed by atoms with Gasteiger partial charge in [0.15, 0.2) is 0 Å². The number of aliphatic carboxylic acids is 1. The van der Waals surface area contributed by atoms with Crippen molar-refractivity contribution in [2.45, 2.75) is 39.2 Å². The van der Waals surface area contributed by atoms with E-state index in [0.717, 1.165) is 17.0 Å². The van der Waals surface area contributed by atoms with Crippen molar-refractivity contribution in [3.05, 3.63) is 16.1 Å². The van der Waals surface area contributed by atoms with Crippen molar-refractivity contribution in [3.63, 3.8) is 0 Å². The van der Waals surface area contributed by atoms with E-state index in [9.17, 15) is 18.3 Å². The Labute approximate surface area is 128 Å². The first-order chi connectivity index (χ1) is 9.83. The Morgan fingerprint density at radius 3 is 2.86 bits per heavy atom. The molecule has 0 spiro atoms. The second-order valence-corrected chi connectivity index (χ2v) is 8.42. The molecule has 0 aromatic carbocycles. The van der Waals surface area contributed by atoms with E-state index >= 15 is 0 Å². The fourth-order valence-electron chi connectivity index (χ4n) is 2.73. The van der Waals surface area contributed by atoms with Crippen molar-refractivity contribution in [2.24, 2.45) is 5.92 Å². The molecule has 1 N–H and O–H groups in total. The minimum Gasteiger partial charge on any atom is -0.480 e. The lowest BCUT2D eigenvalue weighted by Gasteiger charge is -2.36. The average Bonchev–Trinajstić information content (AvgIpc) is 2.81. The van der Waals surface area contributed by atoms with Gasteiger partial charge in [-0.1, -0.05) is 6.92 Å². The van der Waals surface area contributed by atoms with Crippen LogP contribution in [0.4, 0.5) is 0 Å². The zero-order valence-electron chi connectivity index (χ0n) is 12.2. The van der Waals surface area contributed by atoms with Crippen LogP contribution in [0.3, 0.4) is 0 Å². The molecule has 1 fully saturated rings. The average molecular weight is 332 g/mol. The van der Waals surface area contributed by atoms with Crippen LogP contribution in [0.2, 0.25) is 0 Å². The first kappa shape index (κ1) is 16.4. The van der Waals surface area contributed by atoms with Crippen molar-refractivity contribution < 1.29 is 18.3 Å². The molecule has 6 nitrogen and oxygen atoms in total. The van der Waals surface area contributed by atoms with Crippen LogP contribution in [0, 0.1) is 12.8 Å². The smallest absolute Gasteiger partial charge is 0.322 e. The van der Waals surface area contributed by atoms with Crippen molar-refractivity contribution in [3.8, 4) is 0 Å². The molecule has 0 bridgehead atoms. The summed E-state index contributed by atoms with van der Waals surface area (Å²) in [5.74, 6) is -1.28. The SMILES string of the molecule is Cc1ncsc1CCS(=O)(=O)N1CCC[C@@H](C)[C@H]1C(=O)O. The van der Waals surface area contributed by atoms with Gasteiger partial charge in [-0.15, -0.1) is 11.3 Å². The van der Waals surface area contributed by atoms with Crippen LogP contribution in [0.25, 0.3) is 0 Å². The van der Waals surface area contributed by atoms with Gasteiger partial charge in [-0.2, -0.15) is 4.31 Å². The minimum atomic E-state index is -3.57. The van der Waals surface area contributed by atoms with Crippen LogP contribution in [-0.4, -0.2) is 47.1 Å². The molecule has 2 atom stereocenters. The Balaban J connectivity index is 2.13. The molecule has 2 heterocycles. The molecule has 2 rings (SSSR count). The van der Waals surface area contributed by atoms with Gasteiger partial charge in [-0.3, -0.25) is 4.79 Å². The summed E-state index contributed by atoms with van der Waals surface area (Å²) < 4.78 is 26.2. The number of hydrogen-bond acceptors (Lipinski definition) is 5. The molecule has 1 aromatic heterocycles. The van der Waals surface area contributed by atoms with Crippen LogP contribution in [0.5, 0.6) is 0 Å². The number of rotatable bonds is 5. The Morgan fingerprint density at radius 1 is 1.57 bits per heavy atom. The standard InChI is InChI=1S/C13H20N2O4S2/c1-9-4-3-6-15(12(9)13(16)17)21(18,19)7-5-11-10(2)14-8-20-11/h8-9,12H,3-7H2,1-2H3,(H,16,17)/t9-,12+/m1/s1. The Morgan fingerprint density at radius 2 is 2.29 bits per heavy atom. The van der Waals surface area contributed by atoms with Gasteiger partial charge in [0, 0.05) is 11.4 Å². The number of nitrogens with zero attached hydrogens (tertiary/aromatic N) is 2. The lowest BCUT2D eigenvalue weighted by atomic mass is 9.93. The first-order valence-electron chi connectivity index (χ1n) is 6.94. The highest BCUT2D eigenvalue weighted by Crippen LogP contribution is 2.27. The van der Waals surface area contributed by atoms with Gasteiger partial charge >= 0.3 is 5.97 Å². The number of carboxylic acid groups (broad SMARTS) is 1. The molecule has 1 aliphatic rings. The number of carbonyl (C=O) groups is 1. The highest BCUT2D eigenvalue weighted by atomic mass is 32.2. The van der Waals surface area contributed by atoms with E-state index in [1.165, 1.54) is 15.6 Å². The van der Waals surface area contributed by atoms with E-state index < -0.39 is 22.0 Å². The molecule has 21 heavy (non-hydrogen) atoms. The van der Waals surface area contributed by atoms with E-state index in [1.54, 1.807) is 12.4 Å². The summed E-state index contributed by atoms with van der Waals surface area (Å²) in [5, 5.41) is 9.32. The minimum absolute atomic E-state index is 0.0630. The van der Waals surface area contributed by atoms with Gasteiger partial charge in [0.25, 0.3) is 0 Å². The third-order valence-electron chi connectivity index (χ3n) is 3.93. The van der Waals surface area contributed by atoms with Crippen molar-refractivity contribution in [1.29, 1.82) is 0 Å². The molecular weight excluding hydrogens is 312 g/mol. The molecule has 1 aromatic rings. The molecule has 1 aliphatic heterocycles. The molecular formula is C13H20N2O4S2. The van der Waals surface area contributed by atoms with Gasteiger partial charge in [0.1, 0.15) is 6.04 Å². The fourth-order valence-corrected chi connectivity index (χ4v) is 5.39. The third-order valence-corrected chi connectivity index (χ3v) is 6.77.